The van der Waals surface area contributed by atoms with E-state index in [0.717, 1.165) is 18.8 Å². The maximum Gasteiger partial charge on any atom is 0.315 e. The number of amides is 2. The molecular formula is C16H26N4O2. The minimum absolute atomic E-state index is 0.268. The molecule has 1 unspecified atom stereocenters. The van der Waals surface area contributed by atoms with Gasteiger partial charge in [0.2, 0.25) is 0 Å². The fourth-order valence-electron chi connectivity index (χ4n) is 2.63. The quantitative estimate of drug-likeness (QED) is 0.736. The number of aromatic nitrogens is 1. The summed E-state index contributed by atoms with van der Waals surface area (Å²) in [5, 5.41) is 15.5. The van der Waals surface area contributed by atoms with Gasteiger partial charge in [0.25, 0.3) is 0 Å². The highest BCUT2D eigenvalue weighted by Crippen LogP contribution is 2.09. The smallest absolute Gasteiger partial charge is 0.315 e. The van der Waals surface area contributed by atoms with Crippen LogP contribution in [0, 0.1) is 0 Å². The maximum absolute atomic E-state index is 11.7. The highest BCUT2D eigenvalue weighted by Gasteiger charge is 2.14. The van der Waals surface area contributed by atoms with Gasteiger partial charge >= 0.3 is 6.03 Å². The minimum Gasteiger partial charge on any atom is -0.390 e. The van der Waals surface area contributed by atoms with Gasteiger partial charge in [0, 0.05) is 19.3 Å². The second-order valence-electron chi connectivity index (χ2n) is 5.75. The molecule has 3 N–H and O–H groups in total. The second-order valence-corrected chi connectivity index (χ2v) is 5.75. The number of carbonyl (C=O) groups excluding carboxylic acids is 1. The summed E-state index contributed by atoms with van der Waals surface area (Å²) in [5.41, 5.74) is 0.808. The van der Waals surface area contributed by atoms with Crippen molar-refractivity contribution >= 4 is 6.03 Å². The Labute approximate surface area is 131 Å². The summed E-state index contributed by atoms with van der Waals surface area (Å²) in [5.74, 6) is 0. The van der Waals surface area contributed by atoms with Gasteiger partial charge in [-0.15, -0.1) is 0 Å². The SMILES string of the molecule is O=C(NCc1ccccn1)NCC(O)CN1CCCCCC1. The predicted molar refractivity (Wildman–Crippen MR) is 85.4 cm³/mol. The molecule has 0 saturated carbocycles. The van der Waals surface area contributed by atoms with Crippen molar-refractivity contribution in [2.45, 2.75) is 38.3 Å². The van der Waals surface area contributed by atoms with Gasteiger partial charge in [-0.25, -0.2) is 4.79 Å². The van der Waals surface area contributed by atoms with E-state index < -0.39 is 6.10 Å². The highest BCUT2D eigenvalue weighted by atomic mass is 16.3. The molecule has 0 radical (unpaired) electrons. The lowest BCUT2D eigenvalue weighted by Crippen LogP contribution is -2.43. The average molecular weight is 306 g/mol. The van der Waals surface area contributed by atoms with Crippen molar-refractivity contribution in [1.82, 2.24) is 20.5 Å². The molecule has 0 spiro atoms. The molecule has 6 nitrogen and oxygen atoms in total. The van der Waals surface area contributed by atoms with Gasteiger partial charge in [0.15, 0.2) is 0 Å². The van der Waals surface area contributed by atoms with Crippen LogP contribution in [0.2, 0.25) is 0 Å². The summed E-state index contributed by atoms with van der Waals surface area (Å²) < 4.78 is 0. The molecule has 22 heavy (non-hydrogen) atoms. The molecule has 1 aliphatic heterocycles. The van der Waals surface area contributed by atoms with Crippen LogP contribution in [0.25, 0.3) is 0 Å². The van der Waals surface area contributed by atoms with Crippen LogP contribution in [-0.4, -0.2) is 53.3 Å². The zero-order valence-corrected chi connectivity index (χ0v) is 13.0. The number of pyridine rings is 1. The lowest BCUT2D eigenvalue weighted by atomic mass is 10.2. The Morgan fingerprint density at radius 1 is 1.23 bits per heavy atom. The third kappa shape index (κ3) is 6.41. The minimum atomic E-state index is -0.529. The summed E-state index contributed by atoms with van der Waals surface area (Å²) in [6.07, 6.45) is 6.12. The number of rotatable bonds is 6. The lowest BCUT2D eigenvalue weighted by molar-refractivity contribution is 0.114. The molecule has 2 amide bonds. The fourth-order valence-corrected chi connectivity index (χ4v) is 2.63. The Kier molecular flexibility index (Phi) is 7.12. The molecule has 1 fully saturated rings. The Morgan fingerprint density at radius 2 is 2.00 bits per heavy atom. The maximum atomic E-state index is 11.7. The van der Waals surface area contributed by atoms with E-state index in [0.29, 0.717) is 13.1 Å². The van der Waals surface area contributed by atoms with Crippen molar-refractivity contribution < 1.29 is 9.90 Å². The van der Waals surface area contributed by atoms with Crippen LogP contribution >= 0.6 is 0 Å². The van der Waals surface area contributed by atoms with Crippen LogP contribution in [0.5, 0.6) is 0 Å². The van der Waals surface area contributed by atoms with Crippen LogP contribution < -0.4 is 10.6 Å². The number of nitrogens with one attached hydrogen (secondary N) is 2. The highest BCUT2D eigenvalue weighted by molar-refractivity contribution is 5.73. The molecule has 1 atom stereocenters. The second kappa shape index (κ2) is 9.38. The van der Waals surface area contributed by atoms with E-state index in [2.05, 4.69) is 20.5 Å². The molecule has 1 aliphatic rings. The Hall–Kier alpha value is -1.66. The van der Waals surface area contributed by atoms with Crippen molar-refractivity contribution in [2.75, 3.05) is 26.2 Å². The Morgan fingerprint density at radius 3 is 2.68 bits per heavy atom. The van der Waals surface area contributed by atoms with E-state index in [1.807, 2.05) is 18.2 Å². The number of hydrogen-bond donors (Lipinski definition) is 3. The van der Waals surface area contributed by atoms with E-state index in [1.54, 1.807) is 6.20 Å². The average Bonchev–Trinajstić information content (AvgIpc) is 2.80. The van der Waals surface area contributed by atoms with E-state index in [4.69, 9.17) is 0 Å². The predicted octanol–water partition coefficient (Wildman–Crippen LogP) is 1.12. The summed E-state index contributed by atoms with van der Waals surface area (Å²) >= 11 is 0. The van der Waals surface area contributed by atoms with Crippen molar-refractivity contribution in [2.24, 2.45) is 0 Å². The number of nitrogens with zero attached hydrogens (tertiary/aromatic N) is 2. The first kappa shape index (κ1) is 16.7. The topological polar surface area (TPSA) is 77.5 Å². The van der Waals surface area contributed by atoms with Crippen LogP contribution in [0.3, 0.4) is 0 Å². The molecule has 0 aromatic carbocycles. The van der Waals surface area contributed by atoms with Gasteiger partial charge in [-0.3, -0.25) is 4.98 Å². The Balaban J connectivity index is 1.60. The molecule has 1 saturated heterocycles. The first-order valence-corrected chi connectivity index (χ1v) is 8.06. The van der Waals surface area contributed by atoms with Crippen molar-refractivity contribution in [3.63, 3.8) is 0 Å². The van der Waals surface area contributed by atoms with E-state index >= 15 is 0 Å². The van der Waals surface area contributed by atoms with Gasteiger partial charge in [-0.1, -0.05) is 18.9 Å². The molecule has 1 aromatic heterocycles. The van der Waals surface area contributed by atoms with Crippen LogP contribution in [0.15, 0.2) is 24.4 Å². The fraction of sp³-hybridized carbons (Fsp3) is 0.625. The Bertz CT molecular complexity index is 433. The van der Waals surface area contributed by atoms with Gasteiger partial charge in [-0.05, 0) is 38.1 Å². The zero-order chi connectivity index (χ0) is 15.6. The summed E-state index contributed by atoms with van der Waals surface area (Å²) in [6.45, 7) is 3.37. The molecule has 0 aliphatic carbocycles. The number of hydrogen-bond acceptors (Lipinski definition) is 4. The molecule has 6 heteroatoms. The lowest BCUT2D eigenvalue weighted by Gasteiger charge is -2.23. The number of urea groups is 1. The molecular weight excluding hydrogens is 280 g/mol. The zero-order valence-electron chi connectivity index (χ0n) is 13.0. The third-order valence-corrected chi connectivity index (χ3v) is 3.82. The van der Waals surface area contributed by atoms with E-state index in [1.165, 1.54) is 25.7 Å². The molecule has 122 valence electrons. The number of aliphatic hydroxyl groups is 1. The van der Waals surface area contributed by atoms with Gasteiger partial charge in [0.05, 0.1) is 18.3 Å². The number of aliphatic hydroxyl groups excluding tert-OH is 1. The van der Waals surface area contributed by atoms with Crippen molar-refractivity contribution in [3.05, 3.63) is 30.1 Å². The molecule has 1 aromatic rings. The molecule has 2 rings (SSSR count). The number of β-amino-alcohol motifs (C(OH)–C–C–N with tert-alkyl or cyclic N) is 1. The van der Waals surface area contributed by atoms with Crippen molar-refractivity contribution in [3.8, 4) is 0 Å². The normalized spacial score (nSPS) is 17.5. The first-order chi connectivity index (χ1) is 10.7. The summed E-state index contributed by atoms with van der Waals surface area (Å²) in [6, 6.07) is 5.30. The van der Waals surface area contributed by atoms with Crippen molar-refractivity contribution in [1.29, 1.82) is 0 Å². The summed E-state index contributed by atoms with van der Waals surface area (Å²) in [7, 11) is 0. The monoisotopic (exact) mass is 306 g/mol. The van der Waals surface area contributed by atoms with Crippen LogP contribution in [-0.2, 0) is 6.54 Å². The van der Waals surface area contributed by atoms with Crippen LogP contribution in [0.1, 0.15) is 31.4 Å². The van der Waals surface area contributed by atoms with Gasteiger partial charge < -0.3 is 20.6 Å². The molecule has 2 heterocycles. The molecule has 0 bridgehead atoms. The number of carbonyl (C=O) groups is 1. The van der Waals surface area contributed by atoms with E-state index in [-0.39, 0.29) is 12.6 Å². The van der Waals surface area contributed by atoms with Gasteiger partial charge in [0.1, 0.15) is 0 Å². The van der Waals surface area contributed by atoms with E-state index in [9.17, 15) is 9.90 Å². The summed E-state index contributed by atoms with van der Waals surface area (Å²) in [4.78, 5) is 18.1. The first-order valence-electron chi connectivity index (χ1n) is 8.06. The standard InChI is InChI=1S/C16H26N4O2/c21-15(13-20-9-5-1-2-6-10-20)12-19-16(22)18-11-14-7-3-4-8-17-14/h3-4,7-8,15,21H,1-2,5-6,9-13H2,(H2,18,19,22). The van der Waals surface area contributed by atoms with Gasteiger partial charge in [-0.2, -0.15) is 0 Å². The largest absolute Gasteiger partial charge is 0.390 e. The number of likely N-dealkylation sites (tertiary alicyclic amines) is 1. The third-order valence-electron chi connectivity index (χ3n) is 3.82. The van der Waals surface area contributed by atoms with Crippen LogP contribution in [0.4, 0.5) is 4.79 Å².